The van der Waals surface area contributed by atoms with E-state index in [1.54, 1.807) is 12.3 Å². The molecule has 0 radical (unpaired) electrons. The highest BCUT2D eigenvalue weighted by Gasteiger charge is 2.61. The van der Waals surface area contributed by atoms with Crippen LogP contribution in [0.1, 0.15) is 80.1 Å². The quantitative estimate of drug-likeness (QED) is 0.315. The van der Waals surface area contributed by atoms with Gasteiger partial charge in [0.25, 0.3) is 0 Å². The molecule has 2 heterocycles. The molecular weight excluding hydrogens is 632 g/mol. The molecule has 260 valence electrons. The SMILES string of the molecule is C=C[C@@H]1C[C@]1(CC(=O)[C@@H]1C[C@@H](Oc2nccc3ccccc23)CN1C(=O)[C@@H](NC(=O)CC(C)(C)C)C(C)(C)C)C(=O)NS(=O)(=O)C1CC1. The summed E-state index contributed by atoms with van der Waals surface area (Å²) in [5.74, 6) is -1.79. The van der Waals surface area contributed by atoms with E-state index in [-0.39, 0.29) is 55.3 Å². The van der Waals surface area contributed by atoms with Crippen LogP contribution in [0.25, 0.3) is 10.8 Å². The molecule has 0 bridgehead atoms. The molecule has 1 saturated heterocycles. The number of hydrogen-bond acceptors (Lipinski definition) is 8. The third kappa shape index (κ3) is 7.74. The van der Waals surface area contributed by atoms with E-state index >= 15 is 0 Å². The number of ketones is 1. The highest BCUT2D eigenvalue weighted by molar-refractivity contribution is 7.90. The van der Waals surface area contributed by atoms with Gasteiger partial charge >= 0.3 is 0 Å². The van der Waals surface area contributed by atoms with Gasteiger partial charge in [0.05, 0.1) is 23.3 Å². The molecule has 3 aliphatic rings. The fraction of sp³-hybridized carbons (Fsp3) is 0.583. The Labute approximate surface area is 283 Å². The minimum absolute atomic E-state index is 0.0575. The first kappa shape index (κ1) is 35.5. The Kier molecular flexibility index (Phi) is 9.55. The van der Waals surface area contributed by atoms with Crippen LogP contribution in [-0.2, 0) is 29.2 Å². The van der Waals surface area contributed by atoms with Crippen LogP contribution in [0.3, 0.4) is 0 Å². The van der Waals surface area contributed by atoms with E-state index in [0.29, 0.717) is 18.7 Å². The topological polar surface area (TPSA) is 152 Å². The lowest BCUT2D eigenvalue weighted by atomic mass is 9.84. The smallest absolute Gasteiger partial charge is 0.246 e. The molecule has 11 nitrogen and oxygen atoms in total. The summed E-state index contributed by atoms with van der Waals surface area (Å²) in [7, 11) is -3.83. The van der Waals surface area contributed by atoms with E-state index in [1.807, 2.05) is 71.9 Å². The second-order valence-electron chi connectivity index (χ2n) is 15.9. The van der Waals surface area contributed by atoms with Crippen LogP contribution in [-0.4, -0.2) is 71.8 Å². The summed E-state index contributed by atoms with van der Waals surface area (Å²) < 4.78 is 33.9. The van der Waals surface area contributed by atoms with Crippen molar-refractivity contribution in [3.63, 3.8) is 0 Å². The van der Waals surface area contributed by atoms with Gasteiger partial charge < -0.3 is 15.0 Å². The summed E-state index contributed by atoms with van der Waals surface area (Å²) in [6.45, 7) is 15.2. The van der Waals surface area contributed by atoms with Crippen LogP contribution in [0.5, 0.6) is 5.88 Å². The van der Waals surface area contributed by atoms with Crippen molar-refractivity contribution in [1.29, 1.82) is 0 Å². The third-order valence-corrected chi connectivity index (χ3v) is 11.3. The molecule has 1 aromatic heterocycles. The van der Waals surface area contributed by atoms with Crippen molar-refractivity contribution in [1.82, 2.24) is 19.9 Å². The summed E-state index contributed by atoms with van der Waals surface area (Å²) in [4.78, 5) is 61.2. The minimum Gasteiger partial charge on any atom is -0.472 e. The average molecular weight is 681 g/mol. The van der Waals surface area contributed by atoms with Crippen LogP contribution < -0.4 is 14.8 Å². The number of pyridine rings is 1. The number of carbonyl (C=O) groups excluding carboxylic acids is 4. The van der Waals surface area contributed by atoms with E-state index in [1.165, 1.54) is 4.90 Å². The van der Waals surface area contributed by atoms with E-state index in [0.717, 1.165) is 10.8 Å². The van der Waals surface area contributed by atoms with Crippen molar-refractivity contribution in [2.75, 3.05) is 6.54 Å². The second-order valence-corrected chi connectivity index (χ2v) is 17.9. The zero-order valence-corrected chi connectivity index (χ0v) is 29.6. The standard InChI is InChI=1S/C36H48N4O7S/c1-8-23-18-36(23,33(44)39-48(45,46)25-13-14-25)19-28(41)27-17-24(47-31-26-12-10-9-11-22(26)15-16-37-31)21-40(27)32(43)30(35(5,6)7)38-29(42)20-34(2,3)4/h8-12,15-16,23-25,27,30H,1,13-14,17-21H2,2-7H3,(H,38,42)(H,39,44)/t23-,24-,27+,30-,36-/m1/s1. The summed E-state index contributed by atoms with van der Waals surface area (Å²) in [6.07, 6.45) is 3.95. The van der Waals surface area contributed by atoms with Gasteiger partial charge in [-0.2, -0.15) is 0 Å². The van der Waals surface area contributed by atoms with Gasteiger partial charge in [-0.05, 0) is 53.5 Å². The minimum atomic E-state index is -3.83. The number of ether oxygens (including phenoxy) is 1. The van der Waals surface area contributed by atoms with Crippen molar-refractivity contribution >= 4 is 44.3 Å². The Balaban J connectivity index is 1.43. The summed E-state index contributed by atoms with van der Waals surface area (Å²) in [5.41, 5.74) is -2.27. The lowest BCUT2D eigenvalue weighted by Crippen LogP contribution is -2.57. The number of amides is 3. The van der Waals surface area contributed by atoms with E-state index in [2.05, 4.69) is 21.6 Å². The molecule has 3 amide bonds. The van der Waals surface area contributed by atoms with Crippen LogP contribution in [0, 0.1) is 22.2 Å². The van der Waals surface area contributed by atoms with Gasteiger partial charge in [0, 0.05) is 30.8 Å². The second kappa shape index (κ2) is 12.9. The lowest BCUT2D eigenvalue weighted by molar-refractivity contribution is -0.144. The molecule has 12 heteroatoms. The van der Waals surface area contributed by atoms with Crippen molar-refractivity contribution in [3.8, 4) is 5.88 Å². The summed E-state index contributed by atoms with van der Waals surface area (Å²) >= 11 is 0. The van der Waals surface area contributed by atoms with Crippen molar-refractivity contribution in [2.45, 2.75) is 104 Å². The maximum absolute atomic E-state index is 14.4. The monoisotopic (exact) mass is 680 g/mol. The lowest BCUT2D eigenvalue weighted by Gasteiger charge is -2.36. The average Bonchev–Trinajstić information content (AvgIpc) is 3.91. The van der Waals surface area contributed by atoms with Gasteiger partial charge in [0.15, 0.2) is 5.78 Å². The van der Waals surface area contributed by atoms with Crippen molar-refractivity contribution < 1.29 is 32.3 Å². The van der Waals surface area contributed by atoms with Gasteiger partial charge in [0.1, 0.15) is 12.1 Å². The molecular formula is C36H48N4O7S. The largest absolute Gasteiger partial charge is 0.472 e. The van der Waals surface area contributed by atoms with E-state index < -0.39 is 56.1 Å². The summed E-state index contributed by atoms with van der Waals surface area (Å²) in [6, 6.07) is 7.56. The number of benzene rings is 1. The van der Waals surface area contributed by atoms with Gasteiger partial charge in [-0.15, -0.1) is 6.58 Å². The van der Waals surface area contributed by atoms with Gasteiger partial charge in [-0.3, -0.25) is 23.9 Å². The maximum atomic E-state index is 14.4. The Morgan fingerprint density at radius 3 is 2.40 bits per heavy atom. The zero-order chi connectivity index (χ0) is 35.2. The number of hydrogen-bond donors (Lipinski definition) is 2. The maximum Gasteiger partial charge on any atom is 0.246 e. The van der Waals surface area contributed by atoms with E-state index in [9.17, 15) is 27.6 Å². The van der Waals surface area contributed by atoms with Crippen LogP contribution >= 0.6 is 0 Å². The molecule has 3 fully saturated rings. The molecule has 5 atom stereocenters. The number of aromatic nitrogens is 1. The number of nitrogens with one attached hydrogen (secondary N) is 2. The zero-order valence-electron chi connectivity index (χ0n) is 28.7. The molecule has 2 saturated carbocycles. The predicted molar refractivity (Wildman–Crippen MR) is 182 cm³/mol. The molecule has 2 aliphatic carbocycles. The van der Waals surface area contributed by atoms with Gasteiger partial charge in [-0.25, -0.2) is 13.4 Å². The Morgan fingerprint density at radius 2 is 1.79 bits per heavy atom. The number of nitrogens with zero attached hydrogens (tertiary/aromatic N) is 2. The number of likely N-dealkylation sites (tertiary alicyclic amines) is 1. The molecule has 0 spiro atoms. The molecule has 1 aliphatic heterocycles. The van der Waals surface area contributed by atoms with Crippen LogP contribution in [0.4, 0.5) is 0 Å². The third-order valence-electron chi connectivity index (χ3n) is 9.50. The van der Waals surface area contributed by atoms with Crippen molar-refractivity contribution in [2.24, 2.45) is 22.2 Å². The Bertz CT molecular complexity index is 1720. The Hall–Kier alpha value is -3.80. The predicted octanol–water partition coefficient (Wildman–Crippen LogP) is 4.31. The first-order valence-corrected chi connectivity index (χ1v) is 18.2. The Morgan fingerprint density at radius 1 is 1.10 bits per heavy atom. The van der Waals surface area contributed by atoms with Crippen LogP contribution in [0.15, 0.2) is 49.2 Å². The number of Topliss-reactive ketones (excluding diaryl/α,β-unsaturated/α-hetero) is 1. The summed E-state index contributed by atoms with van der Waals surface area (Å²) in [5, 5.41) is 4.05. The fourth-order valence-electron chi connectivity index (χ4n) is 6.59. The number of fused-ring (bicyclic) bond motifs is 1. The molecule has 0 unspecified atom stereocenters. The molecule has 1 aromatic carbocycles. The molecule has 5 rings (SSSR count). The van der Waals surface area contributed by atoms with Gasteiger partial charge in [-0.1, -0.05) is 65.8 Å². The first-order chi connectivity index (χ1) is 22.3. The number of rotatable bonds is 12. The highest BCUT2D eigenvalue weighted by atomic mass is 32.2. The van der Waals surface area contributed by atoms with Crippen molar-refractivity contribution in [3.05, 3.63) is 49.2 Å². The number of sulfonamides is 1. The van der Waals surface area contributed by atoms with Crippen LogP contribution in [0.2, 0.25) is 0 Å². The first-order valence-electron chi connectivity index (χ1n) is 16.7. The highest BCUT2D eigenvalue weighted by Crippen LogP contribution is 2.57. The van der Waals surface area contributed by atoms with Gasteiger partial charge in [0.2, 0.25) is 33.6 Å². The number of allylic oxidation sites excluding steroid dienone is 1. The molecule has 2 aromatic rings. The molecule has 48 heavy (non-hydrogen) atoms. The number of carbonyl (C=O) groups is 4. The normalized spacial score (nSPS) is 24.9. The fourth-order valence-corrected chi connectivity index (χ4v) is 7.98. The van der Waals surface area contributed by atoms with E-state index in [4.69, 9.17) is 4.74 Å². The molecule has 2 N–H and O–H groups in total.